The smallest absolute Gasteiger partial charge is 0.337 e. The van der Waals surface area contributed by atoms with Crippen LogP contribution in [0, 0.1) is 0 Å². The molecule has 18 heavy (non-hydrogen) atoms. The Bertz CT molecular complexity index is 522. The molecule has 2 aromatic rings. The fraction of sp³-hybridized carbons (Fsp3) is 0.143. The van der Waals surface area contributed by atoms with Crippen LogP contribution in [0.5, 0.6) is 5.88 Å². The van der Waals surface area contributed by atoms with Gasteiger partial charge >= 0.3 is 5.97 Å². The van der Waals surface area contributed by atoms with Crippen LogP contribution in [-0.2, 0) is 0 Å². The van der Waals surface area contributed by atoms with Crippen molar-refractivity contribution in [2.24, 2.45) is 0 Å². The summed E-state index contributed by atoms with van der Waals surface area (Å²) in [5.41, 5.74) is 1.19. The van der Waals surface area contributed by atoms with Gasteiger partial charge in [-0.2, -0.15) is 0 Å². The van der Waals surface area contributed by atoms with Crippen molar-refractivity contribution in [2.75, 3.05) is 0 Å². The maximum Gasteiger partial charge on any atom is 0.337 e. The second kappa shape index (κ2) is 5.31. The number of rotatable bonds is 4. The van der Waals surface area contributed by atoms with E-state index in [-0.39, 0.29) is 11.7 Å². The number of aromatic nitrogens is 1. The second-order valence-electron chi connectivity index (χ2n) is 3.86. The number of nitrogens with zero attached hydrogens (tertiary/aromatic N) is 1. The third-order valence-electron chi connectivity index (χ3n) is 2.55. The molecule has 0 radical (unpaired) electrons. The molecule has 4 nitrogen and oxygen atoms in total. The average Bonchev–Trinajstić information content (AvgIpc) is 2.40. The predicted molar refractivity (Wildman–Crippen MR) is 66.7 cm³/mol. The largest absolute Gasteiger partial charge is 0.478 e. The highest BCUT2D eigenvalue weighted by Crippen LogP contribution is 2.19. The van der Waals surface area contributed by atoms with Crippen LogP contribution in [0.4, 0.5) is 0 Å². The Labute approximate surface area is 105 Å². The first kappa shape index (κ1) is 12.1. The quantitative estimate of drug-likeness (QED) is 0.896. The average molecular weight is 243 g/mol. The lowest BCUT2D eigenvalue weighted by Crippen LogP contribution is -2.05. The summed E-state index contributed by atoms with van der Waals surface area (Å²) < 4.78 is 5.63. The van der Waals surface area contributed by atoms with Gasteiger partial charge in [0.05, 0.1) is 5.56 Å². The van der Waals surface area contributed by atoms with Crippen LogP contribution < -0.4 is 4.74 Å². The first-order valence-electron chi connectivity index (χ1n) is 5.58. The molecule has 4 heteroatoms. The summed E-state index contributed by atoms with van der Waals surface area (Å²) in [4.78, 5) is 14.6. The zero-order chi connectivity index (χ0) is 13.0. The SMILES string of the molecule is C[C@H](Oc1ccc(C(=O)O)cn1)c1ccccc1. The zero-order valence-electron chi connectivity index (χ0n) is 9.91. The minimum atomic E-state index is -0.995. The molecule has 0 saturated heterocycles. The van der Waals surface area contributed by atoms with E-state index in [9.17, 15) is 4.79 Å². The molecule has 0 aliphatic heterocycles. The number of aromatic carboxylic acids is 1. The summed E-state index contributed by atoms with van der Waals surface area (Å²) in [5.74, 6) is -0.582. The van der Waals surface area contributed by atoms with Crippen LogP contribution in [0.15, 0.2) is 48.7 Å². The molecule has 1 aromatic carbocycles. The fourth-order valence-corrected chi connectivity index (χ4v) is 1.55. The Morgan fingerprint density at radius 1 is 1.22 bits per heavy atom. The number of ether oxygens (including phenoxy) is 1. The Kier molecular flexibility index (Phi) is 3.57. The minimum absolute atomic E-state index is 0.130. The van der Waals surface area contributed by atoms with Gasteiger partial charge in [-0.15, -0.1) is 0 Å². The number of hydrogen-bond acceptors (Lipinski definition) is 3. The van der Waals surface area contributed by atoms with Gasteiger partial charge < -0.3 is 9.84 Å². The van der Waals surface area contributed by atoms with E-state index >= 15 is 0 Å². The van der Waals surface area contributed by atoms with Crippen molar-refractivity contribution in [3.05, 3.63) is 59.8 Å². The summed E-state index contributed by atoms with van der Waals surface area (Å²) >= 11 is 0. The van der Waals surface area contributed by atoms with E-state index in [1.54, 1.807) is 6.07 Å². The molecular weight excluding hydrogens is 230 g/mol. The van der Waals surface area contributed by atoms with Crippen LogP contribution in [0.2, 0.25) is 0 Å². The van der Waals surface area contributed by atoms with Crippen molar-refractivity contribution >= 4 is 5.97 Å². The molecular formula is C14H13NO3. The fourth-order valence-electron chi connectivity index (χ4n) is 1.55. The first-order valence-corrected chi connectivity index (χ1v) is 5.58. The van der Waals surface area contributed by atoms with Crippen molar-refractivity contribution in [2.45, 2.75) is 13.0 Å². The number of benzene rings is 1. The minimum Gasteiger partial charge on any atom is -0.478 e. The lowest BCUT2D eigenvalue weighted by atomic mass is 10.1. The van der Waals surface area contributed by atoms with Gasteiger partial charge in [0.25, 0.3) is 0 Å². The summed E-state index contributed by atoms with van der Waals surface area (Å²) in [7, 11) is 0. The Morgan fingerprint density at radius 3 is 2.50 bits per heavy atom. The number of carbonyl (C=O) groups is 1. The lowest BCUT2D eigenvalue weighted by molar-refractivity contribution is 0.0696. The predicted octanol–water partition coefficient (Wildman–Crippen LogP) is 2.92. The maximum atomic E-state index is 10.7. The highest BCUT2D eigenvalue weighted by molar-refractivity contribution is 5.87. The first-order chi connectivity index (χ1) is 8.66. The molecule has 0 fully saturated rings. The van der Waals surface area contributed by atoms with Crippen molar-refractivity contribution in [3.8, 4) is 5.88 Å². The highest BCUT2D eigenvalue weighted by Gasteiger charge is 2.08. The molecule has 0 aliphatic rings. The van der Waals surface area contributed by atoms with E-state index in [2.05, 4.69) is 4.98 Å². The summed E-state index contributed by atoms with van der Waals surface area (Å²) in [6.45, 7) is 1.92. The summed E-state index contributed by atoms with van der Waals surface area (Å²) in [5, 5.41) is 8.75. The van der Waals surface area contributed by atoms with Gasteiger partial charge in [0.2, 0.25) is 5.88 Å². The summed E-state index contributed by atoms with van der Waals surface area (Å²) in [6, 6.07) is 12.8. The van der Waals surface area contributed by atoms with Crippen molar-refractivity contribution in [1.29, 1.82) is 0 Å². The normalized spacial score (nSPS) is 11.8. The third-order valence-corrected chi connectivity index (χ3v) is 2.55. The molecule has 92 valence electrons. The van der Waals surface area contributed by atoms with E-state index in [0.717, 1.165) is 5.56 Å². The van der Waals surface area contributed by atoms with Crippen molar-refractivity contribution in [3.63, 3.8) is 0 Å². The Morgan fingerprint density at radius 2 is 1.94 bits per heavy atom. The molecule has 0 bridgehead atoms. The van der Waals surface area contributed by atoms with E-state index in [1.807, 2.05) is 37.3 Å². The van der Waals surface area contributed by atoms with Gasteiger partial charge in [-0.3, -0.25) is 0 Å². The van der Waals surface area contributed by atoms with Gasteiger partial charge in [-0.1, -0.05) is 30.3 Å². The van der Waals surface area contributed by atoms with E-state index < -0.39 is 5.97 Å². The number of hydrogen-bond donors (Lipinski definition) is 1. The monoisotopic (exact) mass is 243 g/mol. The maximum absolute atomic E-state index is 10.7. The highest BCUT2D eigenvalue weighted by atomic mass is 16.5. The van der Waals surface area contributed by atoms with E-state index in [1.165, 1.54) is 12.3 Å². The molecule has 0 amide bonds. The molecule has 1 heterocycles. The summed E-state index contributed by atoms with van der Waals surface area (Å²) in [6.07, 6.45) is 1.16. The van der Waals surface area contributed by atoms with Crippen molar-refractivity contribution < 1.29 is 14.6 Å². The Hall–Kier alpha value is -2.36. The van der Waals surface area contributed by atoms with Crippen LogP contribution in [0.3, 0.4) is 0 Å². The topological polar surface area (TPSA) is 59.4 Å². The molecule has 0 spiro atoms. The van der Waals surface area contributed by atoms with Gasteiger partial charge in [-0.25, -0.2) is 9.78 Å². The second-order valence-corrected chi connectivity index (χ2v) is 3.86. The molecule has 2 rings (SSSR count). The van der Waals surface area contributed by atoms with Crippen LogP contribution in [-0.4, -0.2) is 16.1 Å². The van der Waals surface area contributed by atoms with Crippen LogP contribution in [0.25, 0.3) is 0 Å². The molecule has 1 N–H and O–H groups in total. The van der Waals surface area contributed by atoms with E-state index in [4.69, 9.17) is 9.84 Å². The van der Waals surface area contributed by atoms with Gasteiger partial charge in [0.15, 0.2) is 0 Å². The third kappa shape index (κ3) is 2.85. The molecule has 0 aliphatic carbocycles. The molecule has 0 saturated carbocycles. The van der Waals surface area contributed by atoms with Gasteiger partial charge in [0.1, 0.15) is 6.10 Å². The molecule has 1 atom stereocenters. The Balaban J connectivity index is 2.08. The van der Waals surface area contributed by atoms with Crippen molar-refractivity contribution in [1.82, 2.24) is 4.98 Å². The number of pyridine rings is 1. The lowest BCUT2D eigenvalue weighted by Gasteiger charge is -2.13. The standard InChI is InChI=1S/C14H13NO3/c1-10(11-5-3-2-4-6-11)18-13-8-7-12(9-15-13)14(16)17/h2-10H,1H3,(H,16,17)/t10-/m0/s1. The number of carboxylic acids is 1. The molecule has 1 aromatic heterocycles. The van der Waals surface area contributed by atoms with E-state index in [0.29, 0.717) is 5.88 Å². The zero-order valence-corrected chi connectivity index (χ0v) is 9.91. The van der Waals surface area contributed by atoms with Crippen LogP contribution >= 0.6 is 0 Å². The van der Waals surface area contributed by atoms with Gasteiger partial charge in [-0.05, 0) is 18.6 Å². The number of carboxylic acid groups (broad SMARTS) is 1. The van der Waals surface area contributed by atoms with Gasteiger partial charge in [0, 0.05) is 12.3 Å². The molecule has 0 unspecified atom stereocenters. The van der Waals surface area contributed by atoms with Crippen LogP contribution in [0.1, 0.15) is 28.9 Å².